The van der Waals surface area contributed by atoms with E-state index in [1.165, 1.54) is 82.6 Å². The monoisotopic (exact) mass is 448 g/mol. The summed E-state index contributed by atoms with van der Waals surface area (Å²) >= 11 is 0. The normalized spacial score (nSPS) is 25.8. The van der Waals surface area contributed by atoms with Gasteiger partial charge in [0.05, 0.1) is 0 Å². The van der Waals surface area contributed by atoms with Crippen molar-refractivity contribution < 1.29 is 4.39 Å². The summed E-state index contributed by atoms with van der Waals surface area (Å²) in [5.74, 6) is 2.91. The van der Waals surface area contributed by atoms with Crippen molar-refractivity contribution in [2.45, 2.75) is 116 Å². The van der Waals surface area contributed by atoms with Crippen molar-refractivity contribution in [2.24, 2.45) is 11.8 Å². The second-order valence-corrected chi connectivity index (χ2v) is 11.1. The second kappa shape index (κ2) is 12.2. The Morgan fingerprint density at radius 2 is 1.30 bits per heavy atom. The van der Waals surface area contributed by atoms with Crippen molar-refractivity contribution in [2.75, 3.05) is 0 Å². The van der Waals surface area contributed by atoms with E-state index in [1.54, 1.807) is 0 Å². The van der Waals surface area contributed by atoms with E-state index in [-0.39, 0.29) is 5.82 Å². The van der Waals surface area contributed by atoms with Gasteiger partial charge in [-0.1, -0.05) is 94.8 Å². The maximum Gasteiger partial charge on any atom is 0.134 e. The van der Waals surface area contributed by atoms with Crippen LogP contribution in [0.2, 0.25) is 0 Å². The highest BCUT2D eigenvalue weighted by Gasteiger charge is 2.26. The molecule has 2 aromatic carbocycles. The molecule has 2 saturated carbocycles. The summed E-state index contributed by atoms with van der Waals surface area (Å²) in [4.78, 5) is 0. The number of benzene rings is 2. The van der Waals surface area contributed by atoms with Gasteiger partial charge in [0.25, 0.3) is 0 Å². The molecule has 0 N–H and O–H groups in total. The van der Waals surface area contributed by atoms with Gasteiger partial charge in [-0.15, -0.1) is 0 Å². The predicted molar refractivity (Wildman–Crippen MR) is 140 cm³/mol. The summed E-state index contributed by atoms with van der Waals surface area (Å²) in [7, 11) is 0. The van der Waals surface area contributed by atoms with Gasteiger partial charge in [0.2, 0.25) is 0 Å². The minimum atomic E-state index is 0.0276. The van der Waals surface area contributed by atoms with Gasteiger partial charge < -0.3 is 0 Å². The number of halogens is 1. The van der Waals surface area contributed by atoms with Crippen LogP contribution in [0.25, 0.3) is 11.1 Å². The van der Waals surface area contributed by atoms with E-state index in [4.69, 9.17) is 0 Å². The standard InChI is InChI=1S/C32H45F/c1-3-5-6-9-25-14-18-28(19-15-25)30-10-7-11-31(32(30)33)29-22-20-27(21-23-29)26-16-12-24(8-4-2)13-17-26/h7,10-11,20-26,28H,3-6,8-9,12-19H2,1-2H3/t24-,25-,26-,28-. The third-order valence-corrected chi connectivity index (χ3v) is 8.77. The zero-order valence-electron chi connectivity index (χ0n) is 21.1. The summed E-state index contributed by atoms with van der Waals surface area (Å²) in [6.07, 6.45) is 18.3. The molecule has 2 aliphatic carbocycles. The van der Waals surface area contributed by atoms with Gasteiger partial charge in [0.1, 0.15) is 5.82 Å². The Morgan fingerprint density at radius 1 is 0.667 bits per heavy atom. The molecule has 1 heteroatoms. The quantitative estimate of drug-likeness (QED) is 0.335. The predicted octanol–water partition coefficient (Wildman–Crippen LogP) is 10.4. The molecule has 0 radical (unpaired) electrons. The smallest absolute Gasteiger partial charge is 0.134 e. The Hall–Kier alpha value is -1.63. The molecule has 0 heterocycles. The molecule has 0 spiro atoms. The molecule has 33 heavy (non-hydrogen) atoms. The highest BCUT2D eigenvalue weighted by Crippen LogP contribution is 2.41. The summed E-state index contributed by atoms with van der Waals surface area (Å²) < 4.78 is 15.7. The van der Waals surface area contributed by atoms with Crippen LogP contribution in [0, 0.1) is 17.7 Å². The Labute approximate surface area is 202 Å². The zero-order chi connectivity index (χ0) is 23.0. The molecule has 0 aromatic heterocycles. The summed E-state index contributed by atoms with van der Waals surface area (Å²) in [5.41, 5.74) is 4.23. The van der Waals surface area contributed by atoms with Crippen LogP contribution in [-0.2, 0) is 0 Å². The Balaban J connectivity index is 1.39. The molecule has 0 amide bonds. The second-order valence-electron chi connectivity index (χ2n) is 11.1. The van der Waals surface area contributed by atoms with Crippen molar-refractivity contribution in [3.05, 3.63) is 59.4 Å². The van der Waals surface area contributed by atoms with Crippen molar-refractivity contribution in [3.8, 4) is 11.1 Å². The molecule has 0 bridgehead atoms. The van der Waals surface area contributed by atoms with Gasteiger partial charge >= 0.3 is 0 Å². The lowest BCUT2D eigenvalue weighted by Crippen LogP contribution is -2.14. The summed E-state index contributed by atoms with van der Waals surface area (Å²) in [5, 5.41) is 0. The molecule has 0 atom stereocenters. The molecule has 0 saturated heterocycles. The molecule has 2 fully saturated rings. The van der Waals surface area contributed by atoms with Gasteiger partial charge in [-0.25, -0.2) is 4.39 Å². The molecular weight excluding hydrogens is 403 g/mol. The van der Waals surface area contributed by atoms with Crippen molar-refractivity contribution >= 4 is 0 Å². The minimum absolute atomic E-state index is 0.0276. The number of hydrogen-bond acceptors (Lipinski definition) is 0. The van der Waals surface area contributed by atoms with Crippen molar-refractivity contribution in [3.63, 3.8) is 0 Å². The third-order valence-electron chi connectivity index (χ3n) is 8.77. The number of rotatable bonds is 9. The molecule has 0 nitrogen and oxygen atoms in total. The molecule has 2 aliphatic rings. The van der Waals surface area contributed by atoms with Crippen molar-refractivity contribution in [1.29, 1.82) is 0 Å². The van der Waals surface area contributed by atoms with Crippen LogP contribution in [0.3, 0.4) is 0 Å². The third kappa shape index (κ3) is 6.28. The molecule has 4 rings (SSSR count). The lowest BCUT2D eigenvalue weighted by atomic mass is 9.76. The van der Waals surface area contributed by atoms with E-state index >= 15 is 4.39 Å². The molecule has 180 valence electrons. The fourth-order valence-corrected chi connectivity index (χ4v) is 6.66. The first kappa shape index (κ1) is 24.5. The lowest BCUT2D eigenvalue weighted by molar-refractivity contribution is 0.299. The fourth-order valence-electron chi connectivity index (χ4n) is 6.66. The van der Waals surface area contributed by atoms with E-state index in [0.717, 1.165) is 41.4 Å². The number of unbranched alkanes of at least 4 members (excludes halogenated alkanes) is 2. The Morgan fingerprint density at radius 3 is 1.94 bits per heavy atom. The first-order valence-corrected chi connectivity index (χ1v) is 14.1. The fraction of sp³-hybridized carbons (Fsp3) is 0.625. The van der Waals surface area contributed by atoms with Crippen LogP contribution >= 0.6 is 0 Å². The first-order valence-electron chi connectivity index (χ1n) is 14.1. The summed E-state index contributed by atoms with van der Waals surface area (Å²) in [6.45, 7) is 4.58. The maximum atomic E-state index is 15.7. The highest BCUT2D eigenvalue weighted by molar-refractivity contribution is 5.65. The van der Waals surface area contributed by atoms with Gasteiger partial charge in [-0.2, -0.15) is 0 Å². The topological polar surface area (TPSA) is 0 Å². The van der Waals surface area contributed by atoms with Crippen LogP contribution in [0.5, 0.6) is 0 Å². The van der Waals surface area contributed by atoms with Crippen LogP contribution < -0.4 is 0 Å². The van der Waals surface area contributed by atoms with E-state index in [9.17, 15) is 0 Å². The van der Waals surface area contributed by atoms with Gasteiger partial charge in [0.15, 0.2) is 0 Å². The largest absolute Gasteiger partial charge is 0.206 e. The lowest BCUT2D eigenvalue weighted by Gasteiger charge is -2.29. The van der Waals surface area contributed by atoms with Gasteiger partial charge in [-0.3, -0.25) is 0 Å². The maximum absolute atomic E-state index is 15.7. The van der Waals surface area contributed by atoms with Crippen LogP contribution in [-0.4, -0.2) is 0 Å². The minimum Gasteiger partial charge on any atom is -0.206 e. The SMILES string of the molecule is CCCCC[C@H]1CC[C@H](c2cccc(-c3ccc([C@H]4CC[C@H](CCC)CC4)cc3)c2F)CC1. The summed E-state index contributed by atoms with van der Waals surface area (Å²) in [6, 6.07) is 15.0. The molecule has 0 aliphatic heterocycles. The van der Waals surface area contributed by atoms with Crippen LogP contribution in [0.1, 0.15) is 127 Å². The average molecular weight is 449 g/mol. The Kier molecular flexibility index (Phi) is 9.04. The average Bonchev–Trinajstić information content (AvgIpc) is 2.86. The molecule has 0 unspecified atom stereocenters. The van der Waals surface area contributed by atoms with E-state index in [2.05, 4.69) is 44.2 Å². The Bertz CT molecular complexity index is 835. The van der Waals surface area contributed by atoms with Crippen LogP contribution in [0.15, 0.2) is 42.5 Å². The van der Waals surface area contributed by atoms with Gasteiger partial charge in [-0.05, 0) is 91.7 Å². The first-order chi connectivity index (χ1) is 16.2. The molecule has 2 aromatic rings. The van der Waals surface area contributed by atoms with Crippen LogP contribution in [0.4, 0.5) is 4.39 Å². The number of hydrogen-bond donors (Lipinski definition) is 0. The van der Waals surface area contributed by atoms with Gasteiger partial charge in [0, 0.05) is 5.56 Å². The van der Waals surface area contributed by atoms with Crippen molar-refractivity contribution in [1.82, 2.24) is 0 Å². The van der Waals surface area contributed by atoms with E-state index < -0.39 is 0 Å². The zero-order valence-corrected chi connectivity index (χ0v) is 21.1. The molecular formula is C32H45F. The van der Waals surface area contributed by atoms with E-state index in [0.29, 0.717) is 11.8 Å². The van der Waals surface area contributed by atoms with E-state index in [1.807, 2.05) is 12.1 Å². The highest BCUT2D eigenvalue weighted by atomic mass is 19.1.